The summed E-state index contributed by atoms with van der Waals surface area (Å²) in [6.45, 7) is 1.21. The van der Waals surface area contributed by atoms with Crippen molar-refractivity contribution in [2.24, 2.45) is 0 Å². The highest BCUT2D eigenvalue weighted by Crippen LogP contribution is 2.11. The number of ketones is 1. The Morgan fingerprint density at radius 1 is 1.38 bits per heavy atom. The van der Waals surface area contributed by atoms with Gasteiger partial charge < -0.3 is 9.47 Å². The molecule has 1 saturated heterocycles. The summed E-state index contributed by atoms with van der Waals surface area (Å²) in [5, 5.41) is 0. The van der Waals surface area contributed by atoms with E-state index < -0.39 is 6.10 Å². The predicted octanol–water partition coefficient (Wildman–Crippen LogP) is 1.35. The summed E-state index contributed by atoms with van der Waals surface area (Å²) in [4.78, 5) is 11.7. The Morgan fingerprint density at radius 3 is 2.88 bits per heavy atom. The van der Waals surface area contributed by atoms with E-state index in [2.05, 4.69) is 0 Å². The predicted molar refractivity (Wildman–Crippen MR) is 55.7 cm³/mol. The SMILES string of the molecule is O=C(Cc1ccccc1F)C1COCCO1. The van der Waals surface area contributed by atoms with Gasteiger partial charge in [-0.2, -0.15) is 0 Å². The molecule has 1 atom stereocenters. The fourth-order valence-corrected chi connectivity index (χ4v) is 1.62. The van der Waals surface area contributed by atoms with Crippen molar-refractivity contribution in [3.05, 3.63) is 35.6 Å². The van der Waals surface area contributed by atoms with Crippen molar-refractivity contribution in [3.63, 3.8) is 0 Å². The maximum atomic E-state index is 13.3. The molecule has 4 heteroatoms. The van der Waals surface area contributed by atoms with Crippen molar-refractivity contribution in [2.75, 3.05) is 19.8 Å². The lowest BCUT2D eigenvalue weighted by atomic mass is 10.0. The smallest absolute Gasteiger partial charge is 0.168 e. The molecular weight excluding hydrogens is 211 g/mol. The number of hydrogen-bond acceptors (Lipinski definition) is 3. The van der Waals surface area contributed by atoms with E-state index in [4.69, 9.17) is 9.47 Å². The number of carbonyl (C=O) groups excluding carboxylic acids is 1. The summed E-state index contributed by atoms with van der Waals surface area (Å²) in [5.74, 6) is -0.489. The van der Waals surface area contributed by atoms with Gasteiger partial charge in [0.15, 0.2) is 5.78 Å². The second-order valence-corrected chi connectivity index (χ2v) is 3.67. The molecule has 1 aliphatic heterocycles. The van der Waals surface area contributed by atoms with E-state index in [9.17, 15) is 9.18 Å². The average Bonchev–Trinajstić information content (AvgIpc) is 2.33. The molecule has 0 N–H and O–H groups in total. The van der Waals surface area contributed by atoms with Crippen LogP contribution in [0.25, 0.3) is 0 Å². The molecule has 0 saturated carbocycles. The Bertz CT molecular complexity index is 372. The van der Waals surface area contributed by atoms with Crippen molar-refractivity contribution in [2.45, 2.75) is 12.5 Å². The van der Waals surface area contributed by atoms with Crippen LogP contribution in [0.2, 0.25) is 0 Å². The highest BCUT2D eigenvalue weighted by molar-refractivity contribution is 5.85. The van der Waals surface area contributed by atoms with Gasteiger partial charge in [0.05, 0.1) is 19.8 Å². The van der Waals surface area contributed by atoms with Gasteiger partial charge in [-0.1, -0.05) is 18.2 Å². The topological polar surface area (TPSA) is 35.5 Å². The number of hydrogen-bond donors (Lipinski definition) is 0. The van der Waals surface area contributed by atoms with Gasteiger partial charge in [0.25, 0.3) is 0 Å². The monoisotopic (exact) mass is 224 g/mol. The van der Waals surface area contributed by atoms with Crippen molar-refractivity contribution >= 4 is 5.78 Å². The highest BCUT2D eigenvalue weighted by atomic mass is 19.1. The Balaban J connectivity index is 1.99. The van der Waals surface area contributed by atoms with Crippen molar-refractivity contribution in [1.82, 2.24) is 0 Å². The zero-order valence-electron chi connectivity index (χ0n) is 8.82. The van der Waals surface area contributed by atoms with E-state index in [1.807, 2.05) is 0 Å². The first-order chi connectivity index (χ1) is 7.77. The van der Waals surface area contributed by atoms with Gasteiger partial charge in [0.1, 0.15) is 11.9 Å². The summed E-state index contributed by atoms with van der Waals surface area (Å²) in [5.41, 5.74) is 0.404. The minimum absolute atomic E-state index is 0.0562. The maximum Gasteiger partial charge on any atom is 0.168 e. The number of carbonyl (C=O) groups is 1. The molecule has 3 nitrogen and oxygen atoms in total. The number of ether oxygens (including phenoxy) is 2. The molecule has 0 bridgehead atoms. The van der Waals surface area contributed by atoms with Gasteiger partial charge in [-0.25, -0.2) is 4.39 Å². The quantitative estimate of drug-likeness (QED) is 0.777. The molecule has 0 amide bonds. The van der Waals surface area contributed by atoms with Crippen LogP contribution in [0.3, 0.4) is 0 Å². The Morgan fingerprint density at radius 2 is 2.19 bits per heavy atom. The molecule has 16 heavy (non-hydrogen) atoms. The summed E-state index contributed by atoms with van der Waals surface area (Å²) >= 11 is 0. The maximum absolute atomic E-state index is 13.3. The highest BCUT2D eigenvalue weighted by Gasteiger charge is 2.23. The second-order valence-electron chi connectivity index (χ2n) is 3.67. The summed E-state index contributed by atoms with van der Waals surface area (Å²) < 4.78 is 23.7. The number of Topliss-reactive ketones (excluding diaryl/α,β-unsaturated/α-hetero) is 1. The summed E-state index contributed by atoms with van der Waals surface area (Å²) in [6, 6.07) is 6.27. The van der Waals surface area contributed by atoms with Gasteiger partial charge >= 0.3 is 0 Å². The third-order valence-electron chi connectivity index (χ3n) is 2.50. The van der Waals surface area contributed by atoms with Crippen LogP contribution >= 0.6 is 0 Å². The molecule has 0 radical (unpaired) electrons. The van der Waals surface area contributed by atoms with Crippen LogP contribution in [0.1, 0.15) is 5.56 Å². The van der Waals surface area contributed by atoms with E-state index in [-0.39, 0.29) is 24.6 Å². The molecule has 2 rings (SSSR count). The minimum Gasteiger partial charge on any atom is -0.376 e. The Hall–Kier alpha value is -1.26. The summed E-state index contributed by atoms with van der Waals surface area (Å²) in [6.07, 6.45) is -0.492. The molecule has 0 aliphatic carbocycles. The molecule has 1 fully saturated rings. The first-order valence-electron chi connectivity index (χ1n) is 5.23. The zero-order chi connectivity index (χ0) is 11.4. The van der Waals surface area contributed by atoms with Crippen LogP contribution in [-0.2, 0) is 20.7 Å². The van der Waals surface area contributed by atoms with Crippen LogP contribution in [0.5, 0.6) is 0 Å². The lowest BCUT2D eigenvalue weighted by Gasteiger charge is -2.21. The standard InChI is InChI=1S/C12H13FO3/c13-10-4-2-1-3-9(10)7-11(14)12-8-15-5-6-16-12/h1-4,12H,5-8H2. The second kappa shape index (κ2) is 5.18. The Kier molecular flexibility index (Phi) is 3.64. The van der Waals surface area contributed by atoms with Crippen molar-refractivity contribution in [3.8, 4) is 0 Å². The van der Waals surface area contributed by atoms with Crippen LogP contribution in [-0.4, -0.2) is 31.7 Å². The lowest BCUT2D eigenvalue weighted by molar-refractivity contribution is -0.144. The number of benzene rings is 1. The van der Waals surface area contributed by atoms with Crippen LogP contribution in [0.4, 0.5) is 4.39 Å². The normalized spacial score (nSPS) is 20.7. The molecule has 1 aromatic carbocycles. The molecule has 1 aliphatic rings. The largest absolute Gasteiger partial charge is 0.376 e. The number of halogens is 1. The molecule has 1 heterocycles. The third kappa shape index (κ3) is 2.65. The molecule has 0 aromatic heterocycles. The summed E-state index contributed by atoms with van der Waals surface area (Å²) in [7, 11) is 0. The van der Waals surface area contributed by atoms with Crippen LogP contribution in [0, 0.1) is 5.82 Å². The molecule has 1 unspecified atom stereocenters. The molecule has 0 spiro atoms. The van der Waals surface area contributed by atoms with Crippen molar-refractivity contribution < 1.29 is 18.7 Å². The van der Waals surface area contributed by atoms with Gasteiger partial charge in [-0.05, 0) is 11.6 Å². The minimum atomic E-state index is -0.548. The first-order valence-corrected chi connectivity index (χ1v) is 5.23. The third-order valence-corrected chi connectivity index (χ3v) is 2.50. The fraction of sp³-hybridized carbons (Fsp3) is 0.417. The fourth-order valence-electron chi connectivity index (χ4n) is 1.62. The molecule has 1 aromatic rings. The van der Waals surface area contributed by atoms with E-state index in [1.165, 1.54) is 6.07 Å². The van der Waals surface area contributed by atoms with Crippen LogP contribution in [0.15, 0.2) is 24.3 Å². The van der Waals surface area contributed by atoms with E-state index >= 15 is 0 Å². The van der Waals surface area contributed by atoms with Gasteiger partial charge in [-0.3, -0.25) is 4.79 Å². The van der Waals surface area contributed by atoms with E-state index in [0.717, 1.165) is 0 Å². The van der Waals surface area contributed by atoms with Gasteiger partial charge in [0, 0.05) is 6.42 Å². The molecule has 86 valence electrons. The zero-order valence-corrected chi connectivity index (χ0v) is 8.82. The van der Waals surface area contributed by atoms with Gasteiger partial charge in [0.2, 0.25) is 0 Å². The Labute approximate surface area is 93.2 Å². The van der Waals surface area contributed by atoms with E-state index in [1.54, 1.807) is 18.2 Å². The average molecular weight is 224 g/mol. The van der Waals surface area contributed by atoms with Gasteiger partial charge in [-0.15, -0.1) is 0 Å². The first kappa shape index (κ1) is 11.2. The number of rotatable bonds is 3. The van der Waals surface area contributed by atoms with E-state index in [0.29, 0.717) is 18.8 Å². The van der Waals surface area contributed by atoms with Crippen molar-refractivity contribution in [1.29, 1.82) is 0 Å². The van der Waals surface area contributed by atoms with Crippen LogP contribution < -0.4 is 0 Å². The molecular formula is C12H13FO3. The lowest BCUT2D eigenvalue weighted by Crippen LogP contribution is -2.36.